The summed E-state index contributed by atoms with van der Waals surface area (Å²) in [5.74, 6) is 0. The molecule has 1 N–H and O–H groups in total. The summed E-state index contributed by atoms with van der Waals surface area (Å²) in [6.45, 7) is 6.15. The second-order valence-corrected chi connectivity index (χ2v) is 8.83. The lowest BCUT2D eigenvalue weighted by Gasteiger charge is -2.38. The number of aromatic nitrogens is 1. The zero-order chi connectivity index (χ0) is 18.3. The number of nitrogens with zero attached hydrogens (tertiary/aromatic N) is 2. The van der Waals surface area contributed by atoms with Crippen molar-refractivity contribution in [1.82, 2.24) is 9.29 Å². The molecule has 5 nitrogen and oxygen atoms in total. The predicted molar refractivity (Wildman–Crippen MR) is 112 cm³/mol. The minimum absolute atomic E-state index is 0. The first-order valence-electron chi connectivity index (χ1n) is 8.88. The molecule has 7 heteroatoms. The Hall–Kier alpha value is -2.02. The molecular formula is C20H24ClN3O2S. The molecule has 0 amide bonds. The maximum atomic E-state index is 13.0. The Labute approximate surface area is 166 Å². The van der Waals surface area contributed by atoms with Gasteiger partial charge in [-0.25, -0.2) is 12.4 Å². The van der Waals surface area contributed by atoms with Gasteiger partial charge in [0.05, 0.1) is 10.4 Å². The monoisotopic (exact) mass is 405 g/mol. The van der Waals surface area contributed by atoms with E-state index in [2.05, 4.69) is 30.1 Å². The van der Waals surface area contributed by atoms with E-state index in [-0.39, 0.29) is 12.4 Å². The third kappa shape index (κ3) is 3.57. The second-order valence-electron chi connectivity index (χ2n) is 7.01. The second kappa shape index (κ2) is 7.54. The Bertz CT molecular complexity index is 1020. The molecule has 2 heterocycles. The first-order valence-corrected chi connectivity index (χ1v) is 10.3. The normalized spacial score (nSPS) is 20.4. The van der Waals surface area contributed by atoms with Gasteiger partial charge in [-0.2, -0.15) is 0 Å². The summed E-state index contributed by atoms with van der Waals surface area (Å²) in [5, 5.41) is 4.50. The minimum Gasteiger partial charge on any atom is -0.368 e. The number of hydrogen-bond donors (Lipinski definition) is 1. The van der Waals surface area contributed by atoms with Crippen LogP contribution >= 0.6 is 12.4 Å². The van der Waals surface area contributed by atoms with Crippen molar-refractivity contribution in [2.45, 2.75) is 30.8 Å². The average Bonchev–Trinajstić information content (AvgIpc) is 3.06. The van der Waals surface area contributed by atoms with Crippen LogP contribution < -0.4 is 10.2 Å². The summed E-state index contributed by atoms with van der Waals surface area (Å²) in [6, 6.07) is 17.1. The number of hydrogen-bond acceptors (Lipinski definition) is 4. The van der Waals surface area contributed by atoms with Crippen LogP contribution in [0.2, 0.25) is 0 Å². The van der Waals surface area contributed by atoms with E-state index < -0.39 is 10.0 Å². The van der Waals surface area contributed by atoms with Crippen LogP contribution in [0.5, 0.6) is 0 Å². The Balaban J connectivity index is 0.00000210. The molecule has 0 spiro atoms. The van der Waals surface area contributed by atoms with Gasteiger partial charge in [-0.1, -0.05) is 24.3 Å². The number of rotatable bonds is 3. The first kappa shape index (κ1) is 19.7. The molecule has 1 aromatic heterocycles. The lowest BCUT2D eigenvalue weighted by Crippen LogP contribution is -2.54. The standard InChI is InChI=1S/C20H23N3O2S.ClH/c1-15-13-22(14-16(2)21-15)19-9-6-10-20-18(19)11-12-23(20)26(24,25)17-7-4-3-5-8-17;/h3-12,15-16,21H,13-14H2,1-2H3;1H. The van der Waals surface area contributed by atoms with Crippen molar-refractivity contribution >= 4 is 39.0 Å². The summed E-state index contributed by atoms with van der Waals surface area (Å²) in [6.07, 6.45) is 1.66. The van der Waals surface area contributed by atoms with Crippen molar-refractivity contribution in [2.24, 2.45) is 0 Å². The molecule has 3 aromatic rings. The quantitative estimate of drug-likeness (QED) is 0.724. The van der Waals surface area contributed by atoms with E-state index in [1.54, 1.807) is 30.5 Å². The molecule has 2 aromatic carbocycles. The average molecular weight is 406 g/mol. The molecule has 0 saturated carbocycles. The van der Waals surface area contributed by atoms with Gasteiger partial charge in [0.1, 0.15) is 0 Å². The van der Waals surface area contributed by atoms with Gasteiger partial charge in [0, 0.05) is 42.4 Å². The van der Waals surface area contributed by atoms with Crippen LogP contribution in [0.4, 0.5) is 5.69 Å². The highest BCUT2D eigenvalue weighted by Crippen LogP contribution is 2.31. The summed E-state index contributed by atoms with van der Waals surface area (Å²) in [4.78, 5) is 2.64. The van der Waals surface area contributed by atoms with Crippen LogP contribution in [0.25, 0.3) is 10.9 Å². The lowest BCUT2D eigenvalue weighted by atomic mass is 10.1. The highest BCUT2D eigenvalue weighted by Gasteiger charge is 2.24. The number of fused-ring (bicyclic) bond motifs is 1. The molecule has 4 rings (SSSR count). The Morgan fingerprint density at radius 2 is 1.59 bits per heavy atom. The molecule has 0 aliphatic carbocycles. The zero-order valence-corrected chi connectivity index (χ0v) is 17.0. The van der Waals surface area contributed by atoms with Gasteiger partial charge in [-0.3, -0.25) is 0 Å². The predicted octanol–water partition coefficient (Wildman–Crippen LogP) is 3.49. The summed E-state index contributed by atoms with van der Waals surface area (Å²) in [7, 11) is -3.61. The van der Waals surface area contributed by atoms with Gasteiger partial charge in [0.25, 0.3) is 10.0 Å². The SMILES string of the molecule is CC1CN(c2cccc3c2ccn3S(=O)(=O)c2ccccc2)CC(C)N1.Cl. The summed E-state index contributed by atoms with van der Waals surface area (Å²) in [5.41, 5.74) is 1.80. The summed E-state index contributed by atoms with van der Waals surface area (Å²) < 4.78 is 27.5. The fraction of sp³-hybridized carbons (Fsp3) is 0.300. The topological polar surface area (TPSA) is 54.3 Å². The van der Waals surface area contributed by atoms with Gasteiger partial charge in [0.15, 0.2) is 0 Å². The Morgan fingerprint density at radius 3 is 2.26 bits per heavy atom. The maximum Gasteiger partial charge on any atom is 0.268 e. The van der Waals surface area contributed by atoms with Crippen LogP contribution in [-0.4, -0.2) is 37.6 Å². The number of piperazine rings is 1. The number of benzene rings is 2. The number of nitrogens with one attached hydrogen (secondary N) is 1. The van der Waals surface area contributed by atoms with Gasteiger partial charge in [0.2, 0.25) is 0 Å². The number of halogens is 1. The molecule has 2 unspecified atom stereocenters. The molecule has 0 bridgehead atoms. The van der Waals surface area contributed by atoms with Gasteiger partial charge in [-0.05, 0) is 44.2 Å². The smallest absolute Gasteiger partial charge is 0.268 e. The molecule has 2 atom stereocenters. The third-order valence-corrected chi connectivity index (χ3v) is 6.58. The largest absolute Gasteiger partial charge is 0.368 e. The summed E-state index contributed by atoms with van der Waals surface area (Å²) >= 11 is 0. The van der Waals surface area contributed by atoms with Crippen LogP contribution in [0.1, 0.15) is 13.8 Å². The highest BCUT2D eigenvalue weighted by molar-refractivity contribution is 7.90. The van der Waals surface area contributed by atoms with E-state index in [1.165, 1.54) is 3.97 Å². The van der Waals surface area contributed by atoms with Crippen LogP contribution in [-0.2, 0) is 10.0 Å². The van der Waals surface area contributed by atoms with E-state index in [4.69, 9.17) is 0 Å². The van der Waals surface area contributed by atoms with Crippen LogP contribution in [0, 0.1) is 0 Å². The Morgan fingerprint density at radius 1 is 0.926 bits per heavy atom. The van der Waals surface area contributed by atoms with E-state index in [9.17, 15) is 8.42 Å². The first-order chi connectivity index (χ1) is 12.5. The number of anilines is 1. The van der Waals surface area contributed by atoms with Crippen molar-refractivity contribution < 1.29 is 8.42 Å². The fourth-order valence-electron chi connectivity index (χ4n) is 3.84. The van der Waals surface area contributed by atoms with Gasteiger partial charge >= 0.3 is 0 Å². The molecule has 27 heavy (non-hydrogen) atoms. The molecular weight excluding hydrogens is 382 g/mol. The molecule has 144 valence electrons. The van der Waals surface area contributed by atoms with E-state index in [1.807, 2.05) is 24.3 Å². The van der Waals surface area contributed by atoms with Gasteiger partial charge < -0.3 is 10.2 Å². The molecule has 0 radical (unpaired) electrons. The van der Waals surface area contributed by atoms with Crippen molar-refractivity contribution in [2.75, 3.05) is 18.0 Å². The van der Waals surface area contributed by atoms with Crippen molar-refractivity contribution in [3.05, 3.63) is 60.8 Å². The Kier molecular flexibility index (Phi) is 5.51. The van der Waals surface area contributed by atoms with Crippen molar-refractivity contribution in [1.29, 1.82) is 0 Å². The van der Waals surface area contributed by atoms with Crippen LogP contribution in [0.3, 0.4) is 0 Å². The van der Waals surface area contributed by atoms with E-state index >= 15 is 0 Å². The zero-order valence-electron chi connectivity index (χ0n) is 15.4. The molecule has 1 aliphatic heterocycles. The van der Waals surface area contributed by atoms with E-state index in [0.29, 0.717) is 22.5 Å². The minimum atomic E-state index is -3.61. The molecule has 1 saturated heterocycles. The third-order valence-electron chi connectivity index (χ3n) is 4.87. The molecule has 1 fully saturated rings. The highest BCUT2D eigenvalue weighted by atomic mass is 35.5. The fourth-order valence-corrected chi connectivity index (χ4v) is 5.21. The van der Waals surface area contributed by atoms with Crippen molar-refractivity contribution in [3.63, 3.8) is 0 Å². The molecule has 1 aliphatic rings. The van der Waals surface area contributed by atoms with E-state index in [0.717, 1.165) is 24.2 Å². The van der Waals surface area contributed by atoms with Gasteiger partial charge in [-0.15, -0.1) is 12.4 Å². The van der Waals surface area contributed by atoms with Crippen molar-refractivity contribution in [3.8, 4) is 0 Å². The van der Waals surface area contributed by atoms with Crippen LogP contribution in [0.15, 0.2) is 65.7 Å². The maximum absolute atomic E-state index is 13.0. The lowest BCUT2D eigenvalue weighted by molar-refractivity contribution is 0.407.